The Morgan fingerprint density at radius 3 is 2.36 bits per heavy atom. The van der Waals surface area contributed by atoms with E-state index in [4.69, 9.17) is 0 Å². The Balaban J connectivity index is 1.48. The Labute approximate surface area is 166 Å². The number of rotatable bonds is 5. The summed E-state index contributed by atoms with van der Waals surface area (Å²) in [5.74, 6) is 0. The summed E-state index contributed by atoms with van der Waals surface area (Å²) >= 11 is 0. The van der Waals surface area contributed by atoms with Crippen LogP contribution in [0.3, 0.4) is 0 Å². The van der Waals surface area contributed by atoms with Crippen molar-refractivity contribution in [2.75, 3.05) is 13.1 Å². The molecular formula is C26H26N2. The van der Waals surface area contributed by atoms with Crippen molar-refractivity contribution in [1.29, 1.82) is 0 Å². The van der Waals surface area contributed by atoms with Crippen LogP contribution in [0.5, 0.6) is 0 Å². The van der Waals surface area contributed by atoms with Crippen molar-refractivity contribution in [3.8, 4) is 0 Å². The second-order valence-corrected chi connectivity index (χ2v) is 8.17. The Kier molecular flexibility index (Phi) is 4.50. The summed E-state index contributed by atoms with van der Waals surface area (Å²) in [5.41, 5.74) is 5.69. The van der Waals surface area contributed by atoms with Gasteiger partial charge < -0.3 is 4.98 Å². The summed E-state index contributed by atoms with van der Waals surface area (Å²) < 4.78 is 0. The fourth-order valence-corrected chi connectivity index (χ4v) is 4.78. The zero-order valence-electron chi connectivity index (χ0n) is 16.1. The van der Waals surface area contributed by atoms with Crippen molar-refractivity contribution in [2.45, 2.75) is 24.8 Å². The van der Waals surface area contributed by atoms with Gasteiger partial charge >= 0.3 is 0 Å². The van der Waals surface area contributed by atoms with Crippen LogP contribution < -0.4 is 0 Å². The molecule has 1 aliphatic rings. The molecule has 3 aromatic carbocycles. The summed E-state index contributed by atoms with van der Waals surface area (Å²) in [7, 11) is 0. The number of nitrogens with one attached hydrogen (secondary N) is 1. The van der Waals surface area contributed by atoms with Crippen molar-refractivity contribution >= 4 is 10.9 Å². The third kappa shape index (κ3) is 3.36. The molecule has 0 radical (unpaired) electrons. The number of hydrogen-bond acceptors (Lipinski definition) is 1. The molecule has 1 aromatic heterocycles. The zero-order valence-corrected chi connectivity index (χ0v) is 16.1. The summed E-state index contributed by atoms with van der Waals surface area (Å²) in [6, 6.07) is 31.0. The van der Waals surface area contributed by atoms with E-state index in [1.807, 2.05) is 6.20 Å². The molecule has 28 heavy (non-hydrogen) atoms. The van der Waals surface area contributed by atoms with Gasteiger partial charge in [0.05, 0.1) is 0 Å². The number of likely N-dealkylation sites (tertiary alicyclic amines) is 1. The Morgan fingerprint density at radius 1 is 0.821 bits per heavy atom. The lowest BCUT2D eigenvalue weighted by atomic mass is 9.74. The SMILES string of the molecule is c1ccc(CN2CCC(Cc3ccccc3)(c3ccc4cc[nH]c4c3)C2)cc1. The molecule has 2 heteroatoms. The molecule has 1 fully saturated rings. The first-order chi connectivity index (χ1) is 13.8. The maximum atomic E-state index is 3.40. The van der Waals surface area contributed by atoms with Crippen molar-refractivity contribution in [1.82, 2.24) is 9.88 Å². The molecule has 1 unspecified atom stereocenters. The molecule has 140 valence electrons. The van der Waals surface area contributed by atoms with Crippen LogP contribution in [-0.4, -0.2) is 23.0 Å². The number of benzene rings is 3. The normalized spacial score (nSPS) is 20.0. The minimum absolute atomic E-state index is 0.162. The van der Waals surface area contributed by atoms with Gasteiger partial charge in [-0.15, -0.1) is 0 Å². The van der Waals surface area contributed by atoms with Crippen molar-refractivity contribution in [2.24, 2.45) is 0 Å². The van der Waals surface area contributed by atoms with Gasteiger partial charge in [-0.25, -0.2) is 0 Å². The molecule has 1 saturated heterocycles. The van der Waals surface area contributed by atoms with E-state index in [0.717, 1.165) is 26.1 Å². The van der Waals surface area contributed by atoms with Crippen LogP contribution in [0.2, 0.25) is 0 Å². The van der Waals surface area contributed by atoms with E-state index in [2.05, 4.69) is 94.8 Å². The van der Waals surface area contributed by atoms with E-state index < -0.39 is 0 Å². The molecule has 0 bridgehead atoms. The average molecular weight is 367 g/mol. The molecular weight excluding hydrogens is 340 g/mol. The highest BCUT2D eigenvalue weighted by Gasteiger charge is 2.39. The number of fused-ring (bicyclic) bond motifs is 1. The number of aromatic amines is 1. The predicted octanol–water partition coefficient (Wildman–Crippen LogP) is 5.55. The van der Waals surface area contributed by atoms with Gasteiger partial charge in [-0.05, 0) is 53.6 Å². The van der Waals surface area contributed by atoms with Gasteiger partial charge in [0.15, 0.2) is 0 Å². The van der Waals surface area contributed by atoms with Gasteiger partial charge in [-0.2, -0.15) is 0 Å². The topological polar surface area (TPSA) is 19.0 Å². The molecule has 0 spiro atoms. The number of H-pyrrole nitrogens is 1. The van der Waals surface area contributed by atoms with Crippen LogP contribution >= 0.6 is 0 Å². The minimum Gasteiger partial charge on any atom is -0.361 e. The van der Waals surface area contributed by atoms with Gasteiger partial charge in [0.1, 0.15) is 0 Å². The zero-order chi connectivity index (χ0) is 18.8. The van der Waals surface area contributed by atoms with Gasteiger partial charge in [-0.3, -0.25) is 4.90 Å². The van der Waals surface area contributed by atoms with Crippen molar-refractivity contribution in [3.63, 3.8) is 0 Å². The molecule has 2 heterocycles. The summed E-state index contributed by atoms with van der Waals surface area (Å²) in [5, 5.41) is 1.29. The second-order valence-electron chi connectivity index (χ2n) is 8.17. The molecule has 0 amide bonds. The fraction of sp³-hybridized carbons (Fsp3) is 0.231. The van der Waals surface area contributed by atoms with Gasteiger partial charge in [0, 0.05) is 30.2 Å². The highest BCUT2D eigenvalue weighted by atomic mass is 15.2. The van der Waals surface area contributed by atoms with Crippen molar-refractivity contribution < 1.29 is 0 Å². The molecule has 1 N–H and O–H groups in total. The maximum Gasteiger partial charge on any atom is 0.0456 e. The van der Waals surface area contributed by atoms with E-state index in [-0.39, 0.29) is 5.41 Å². The van der Waals surface area contributed by atoms with Gasteiger partial charge in [0.2, 0.25) is 0 Å². The van der Waals surface area contributed by atoms with Crippen LogP contribution in [0.25, 0.3) is 10.9 Å². The summed E-state index contributed by atoms with van der Waals surface area (Å²) in [4.78, 5) is 6.02. The molecule has 1 atom stereocenters. The highest BCUT2D eigenvalue weighted by Crippen LogP contribution is 2.39. The number of hydrogen-bond donors (Lipinski definition) is 1. The van der Waals surface area contributed by atoms with E-state index in [0.29, 0.717) is 0 Å². The number of nitrogens with zero attached hydrogens (tertiary/aromatic N) is 1. The van der Waals surface area contributed by atoms with Crippen LogP contribution in [0, 0.1) is 0 Å². The molecule has 4 aromatic rings. The smallest absolute Gasteiger partial charge is 0.0456 e. The number of aromatic nitrogens is 1. The van der Waals surface area contributed by atoms with Gasteiger partial charge in [-0.1, -0.05) is 72.8 Å². The molecule has 0 saturated carbocycles. The fourth-order valence-electron chi connectivity index (χ4n) is 4.78. The van der Waals surface area contributed by atoms with E-state index in [1.54, 1.807) is 0 Å². The standard InChI is InChI=1S/C26H26N2/c1-3-7-21(8-4-1)18-26(24-12-11-23-13-15-27-25(23)17-24)14-16-28(20-26)19-22-9-5-2-6-10-22/h1-13,15,17,27H,14,16,18-20H2. The van der Waals surface area contributed by atoms with E-state index in [9.17, 15) is 0 Å². The van der Waals surface area contributed by atoms with Crippen LogP contribution in [0.15, 0.2) is 91.1 Å². The largest absolute Gasteiger partial charge is 0.361 e. The minimum atomic E-state index is 0.162. The van der Waals surface area contributed by atoms with E-state index in [1.165, 1.54) is 34.0 Å². The van der Waals surface area contributed by atoms with Crippen molar-refractivity contribution in [3.05, 3.63) is 108 Å². The Bertz CT molecular complexity index is 1050. The molecule has 0 aliphatic carbocycles. The Morgan fingerprint density at radius 2 is 1.57 bits per heavy atom. The first-order valence-electron chi connectivity index (χ1n) is 10.2. The molecule has 2 nitrogen and oxygen atoms in total. The van der Waals surface area contributed by atoms with Crippen LogP contribution in [-0.2, 0) is 18.4 Å². The lowest BCUT2D eigenvalue weighted by Crippen LogP contribution is -2.33. The summed E-state index contributed by atoms with van der Waals surface area (Å²) in [6.45, 7) is 3.27. The lowest BCUT2D eigenvalue weighted by Gasteiger charge is -2.31. The molecule has 1 aliphatic heterocycles. The van der Waals surface area contributed by atoms with E-state index >= 15 is 0 Å². The quantitative estimate of drug-likeness (QED) is 0.490. The highest BCUT2D eigenvalue weighted by molar-refractivity contribution is 5.80. The first-order valence-corrected chi connectivity index (χ1v) is 10.2. The lowest BCUT2D eigenvalue weighted by molar-refractivity contribution is 0.301. The summed E-state index contributed by atoms with van der Waals surface area (Å²) in [6.07, 6.45) is 4.32. The third-order valence-electron chi connectivity index (χ3n) is 6.23. The monoisotopic (exact) mass is 366 g/mol. The van der Waals surface area contributed by atoms with Gasteiger partial charge in [0.25, 0.3) is 0 Å². The molecule has 5 rings (SSSR count). The first kappa shape index (κ1) is 17.3. The predicted molar refractivity (Wildman–Crippen MR) is 116 cm³/mol. The second kappa shape index (κ2) is 7.29. The Hall–Kier alpha value is -2.84. The van der Waals surface area contributed by atoms with Crippen LogP contribution in [0.1, 0.15) is 23.1 Å². The van der Waals surface area contributed by atoms with Crippen LogP contribution in [0.4, 0.5) is 0 Å². The third-order valence-corrected chi connectivity index (χ3v) is 6.23. The maximum absolute atomic E-state index is 3.40. The average Bonchev–Trinajstić information content (AvgIpc) is 3.37.